The quantitative estimate of drug-likeness (QED) is 0.782. The van der Waals surface area contributed by atoms with Crippen LogP contribution in [-0.2, 0) is 17.6 Å². The molecule has 6 nitrogen and oxygen atoms in total. The molecule has 1 aliphatic carbocycles. The van der Waals surface area contributed by atoms with E-state index in [1.165, 1.54) is 16.2 Å². The number of hydrogen-bond donors (Lipinski definition) is 1. The lowest BCUT2D eigenvalue weighted by Crippen LogP contribution is -2.18. The summed E-state index contributed by atoms with van der Waals surface area (Å²) in [6.07, 6.45) is 2.79. The van der Waals surface area contributed by atoms with E-state index in [0.717, 1.165) is 24.8 Å². The van der Waals surface area contributed by atoms with Crippen LogP contribution in [0.15, 0.2) is 18.2 Å². The van der Waals surface area contributed by atoms with Crippen molar-refractivity contribution < 1.29 is 23.8 Å². The Balaban J connectivity index is 1.63. The van der Waals surface area contributed by atoms with E-state index >= 15 is 0 Å². The molecule has 1 atom stereocenters. The highest BCUT2D eigenvalue weighted by molar-refractivity contribution is 7.17. The molecule has 4 rings (SSSR count). The molecule has 0 saturated heterocycles. The van der Waals surface area contributed by atoms with Gasteiger partial charge in [0.15, 0.2) is 11.5 Å². The summed E-state index contributed by atoms with van der Waals surface area (Å²) in [5, 5.41) is 3.49. The molecule has 1 amide bonds. The molecule has 28 heavy (non-hydrogen) atoms. The zero-order chi connectivity index (χ0) is 19.7. The Labute approximate surface area is 167 Å². The minimum absolute atomic E-state index is 0.283. The average molecular weight is 401 g/mol. The number of ether oxygens (including phenoxy) is 3. The van der Waals surface area contributed by atoms with Crippen LogP contribution in [0.2, 0.25) is 0 Å². The first kappa shape index (κ1) is 18.8. The van der Waals surface area contributed by atoms with Gasteiger partial charge < -0.3 is 19.5 Å². The Morgan fingerprint density at radius 3 is 2.82 bits per heavy atom. The second kappa shape index (κ2) is 7.83. The SMILES string of the molecule is CCOC(=O)c1c(NC(=O)c2ccc3c(c2)OCCO3)sc2c1CCC(C)C2. The maximum absolute atomic E-state index is 12.9. The number of esters is 1. The molecule has 0 spiro atoms. The van der Waals surface area contributed by atoms with Crippen LogP contribution in [-0.4, -0.2) is 31.7 Å². The van der Waals surface area contributed by atoms with Crippen molar-refractivity contribution in [1.82, 2.24) is 0 Å². The van der Waals surface area contributed by atoms with E-state index in [9.17, 15) is 9.59 Å². The fourth-order valence-electron chi connectivity index (χ4n) is 3.62. The molecule has 1 unspecified atom stereocenters. The summed E-state index contributed by atoms with van der Waals surface area (Å²) < 4.78 is 16.3. The van der Waals surface area contributed by atoms with Crippen LogP contribution < -0.4 is 14.8 Å². The Morgan fingerprint density at radius 1 is 1.25 bits per heavy atom. The maximum Gasteiger partial charge on any atom is 0.341 e. The number of thiophene rings is 1. The highest BCUT2D eigenvalue weighted by Gasteiger charge is 2.29. The van der Waals surface area contributed by atoms with Gasteiger partial charge in [0.05, 0.1) is 12.2 Å². The van der Waals surface area contributed by atoms with E-state index in [1.807, 2.05) is 0 Å². The number of amides is 1. The van der Waals surface area contributed by atoms with Crippen LogP contribution in [0, 0.1) is 5.92 Å². The van der Waals surface area contributed by atoms with Gasteiger partial charge in [-0.15, -0.1) is 11.3 Å². The number of rotatable bonds is 4. The summed E-state index contributed by atoms with van der Waals surface area (Å²) in [5.41, 5.74) is 2.00. The lowest BCUT2D eigenvalue weighted by molar-refractivity contribution is 0.0526. The molecule has 0 bridgehead atoms. The summed E-state index contributed by atoms with van der Waals surface area (Å²) >= 11 is 1.48. The Morgan fingerprint density at radius 2 is 2.04 bits per heavy atom. The van der Waals surface area contributed by atoms with Crippen molar-refractivity contribution in [1.29, 1.82) is 0 Å². The number of fused-ring (bicyclic) bond motifs is 2. The topological polar surface area (TPSA) is 73.9 Å². The molecule has 2 heterocycles. The predicted octanol–water partition coefficient (Wildman–Crippen LogP) is 4.07. The van der Waals surface area contributed by atoms with E-state index in [-0.39, 0.29) is 11.9 Å². The summed E-state index contributed by atoms with van der Waals surface area (Å²) in [6, 6.07) is 5.10. The van der Waals surface area contributed by atoms with Gasteiger partial charge in [0.2, 0.25) is 0 Å². The lowest BCUT2D eigenvalue weighted by atomic mass is 9.88. The Kier molecular flexibility index (Phi) is 5.26. The molecule has 0 fully saturated rings. The highest BCUT2D eigenvalue weighted by Crippen LogP contribution is 2.40. The minimum atomic E-state index is -0.368. The standard InChI is InChI=1S/C21H23NO5S/c1-3-25-21(24)18-14-6-4-12(2)10-17(14)28-20(18)22-19(23)13-5-7-15-16(11-13)27-9-8-26-15/h5,7,11-12H,3-4,6,8-10H2,1-2H3,(H,22,23). The number of carbonyl (C=O) groups is 2. The molecule has 0 radical (unpaired) electrons. The van der Waals surface area contributed by atoms with Crippen LogP contribution in [0.1, 0.15) is 51.4 Å². The summed E-state index contributed by atoms with van der Waals surface area (Å²) in [5.74, 6) is 1.11. The molecule has 0 saturated carbocycles. The van der Waals surface area contributed by atoms with Crippen molar-refractivity contribution in [3.05, 3.63) is 39.8 Å². The molecule has 2 aromatic rings. The largest absolute Gasteiger partial charge is 0.486 e. The van der Waals surface area contributed by atoms with Crippen LogP contribution in [0.3, 0.4) is 0 Å². The Hall–Kier alpha value is -2.54. The van der Waals surface area contributed by atoms with Crippen molar-refractivity contribution in [3.8, 4) is 11.5 Å². The fraction of sp³-hybridized carbons (Fsp3) is 0.429. The smallest absolute Gasteiger partial charge is 0.341 e. The second-order valence-electron chi connectivity index (χ2n) is 7.09. The number of nitrogens with one attached hydrogen (secondary N) is 1. The third-order valence-electron chi connectivity index (χ3n) is 5.02. The van der Waals surface area contributed by atoms with Crippen molar-refractivity contribution in [2.24, 2.45) is 5.92 Å². The number of carbonyl (C=O) groups excluding carboxylic acids is 2. The maximum atomic E-state index is 12.9. The van der Waals surface area contributed by atoms with Crippen molar-refractivity contribution in [3.63, 3.8) is 0 Å². The highest BCUT2D eigenvalue weighted by atomic mass is 32.1. The predicted molar refractivity (Wildman–Crippen MR) is 107 cm³/mol. The normalized spacial score (nSPS) is 17.6. The first-order valence-electron chi connectivity index (χ1n) is 9.59. The first-order valence-corrected chi connectivity index (χ1v) is 10.4. The fourth-order valence-corrected chi connectivity index (χ4v) is 5.01. The zero-order valence-electron chi connectivity index (χ0n) is 16.0. The minimum Gasteiger partial charge on any atom is -0.486 e. The zero-order valence-corrected chi connectivity index (χ0v) is 16.8. The monoisotopic (exact) mass is 401 g/mol. The summed E-state index contributed by atoms with van der Waals surface area (Å²) in [6.45, 7) is 5.25. The molecular weight excluding hydrogens is 378 g/mol. The molecule has 1 aliphatic heterocycles. The van der Waals surface area contributed by atoms with E-state index in [2.05, 4.69) is 12.2 Å². The molecule has 2 aliphatic rings. The first-order chi connectivity index (χ1) is 13.6. The third-order valence-corrected chi connectivity index (χ3v) is 6.19. The molecule has 148 valence electrons. The lowest BCUT2D eigenvalue weighted by Gasteiger charge is -2.18. The van der Waals surface area contributed by atoms with Crippen LogP contribution in [0.5, 0.6) is 11.5 Å². The van der Waals surface area contributed by atoms with Crippen LogP contribution in [0.25, 0.3) is 0 Å². The van der Waals surface area contributed by atoms with Gasteiger partial charge in [-0.3, -0.25) is 4.79 Å². The van der Waals surface area contributed by atoms with Gasteiger partial charge in [-0.1, -0.05) is 6.92 Å². The molecule has 1 aromatic carbocycles. The summed E-state index contributed by atoms with van der Waals surface area (Å²) in [4.78, 5) is 26.6. The number of anilines is 1. The summed E-state index contributed by atoms with van der Waals surface area (Å²) in [7, 11) is 0. The van der Waals surface area contributed by atoms with Gasteiger partial charge in [0, 0.05) is 10.4 Å². The third kappa shape index (κ3) is 3.58. The Bertz CT molecular complexity index is 920. The number of hydrogen-bond acceptors (Lipinski definition) is 6. The van der Waals surface area contributed by atoms with Gasteiger partial charge in [0.25, 0.3) is 5.91 Å². The van der Waals surface area contributed by atoms with E-state index in [1.54, 1.807) is 25.1 Å². The average Bonchev–Trinajstić information content (AvgIpc) is 3.04. The van der Waals surface area contributed by atoms with Crippen LogP contribution in [0.4, 0.5) is 5.00 Å². The number of benzene rings is 1. The van der Waals surface area contributed by atoms with Gasteiger partial charge in [-0.2, -0.15) is 0 Å². The van der Waals surface area contributed by atoms with E-state index in [0.29, 0.717) is 53.4 Å². The molecule has 7 heteroatoms. The molecular formula is C21H23NO5S. The van der Waals surface area contributed by atoms with Crippen molar-refractivity contribution >= 4 is 28.2 Å². The van der Waals surface area contributed by atoms with E-state index < -0.39 is 0 Å². The van der Waals surface area contributed by atoms with Gasteiger partial charge in [0.1, 0.15) is 18.2 Å². The van der Waals surface area contributed by atoms with Gasteiger partial charge in [-0.05, 0) is 55.9 Å². The van der Waals surface area contributed by atoms with Crippen LogP contribution >= 0.6 is 11.3 Å². The second-order valence-corrected chi connectivity index (χ2v) is 8.19. The van der Waals surface area contributed by atoms with Gasteiger partial charge >= 0.3 is 5.97 Å². The van der Waals surface area contributed by atoms with E-state index in [4.69, 9.17) is 14.2 Å². The molecule has 1 aromatic heterocycles. The van der Waals surface area contributed by atoms with Crippen molar-refractivity contribution in [2.75, 3.05) is 25.1 Å². The van der Waals surface area contributed by atoms with Crippen molar-refractivity contribution in [2.45, 2.75) is 33.1 Å². The van der Waals surface area contributed by atoms with Gasteiger partial charge in [-0.25, -0.2) is 4.79 Å². The molecule has 1 N–H and O–H groups in total.